The molecule has 1 aliphatic rings. The number of rotatable bonds is 11. The fourth-order valence-electron chi connectivity index (χ4n) is 4.38. The molecule has 0 bridgehead atoms. The topological polar surface area (TPSA) is 46.3 Å². The number of nitrogens with zero attached hydrogens (tertiary/aromatic N) is 1. The Balaban J connectivity index is 0.000000343. The van der Waals surface area contributed by atoms with Crippen LogP contribution in [0, 0.1) is 12.7 Å². The predicted octanol–water partition coefficient (Wildman–Crippen LogP) is 7.50. The Kier molecular flexibility index (Phi) is 15.9. The molecule has 0 saturated heterocycles. The van der Waals surface area contributed by atoms with E-state index in [1.165, 1.54) is 55.4 Å². The van der Waals surface area contributed by atoms with E-state index in [-0.39, 0.29) is 12.2 Å². The number of nitrogens with two attached hydrogens (primary N) is 1. The fraction of sp³-hybridized carbons (Fsp3) is 0.324. The number of benzene rings is 3. The van der Waals surface area contributed by atoms with Crippen LogP contribution in [0.25, 0.3) is 0 Å². The molecule has 3 aromatic carbocycles. The molecule has 3 nitrogen and oxygen atoms in total. The van der Waals surface area contributed by atoms with Gasteiger partial charge in [0.05, 0.1) is 0 Å². The lowest BCUT2D eigenvalue weighted by molar-refractivity contribution is -0.107. The van der Waals surface area contributed by atoms with Crippen LogP contribution in [-0.2, 0) is 11.2 Å². The quantitative estimate of drug-likeness (QED) is 0.200. The van der Waals surface area contributed by atoms with Crippen LogP contribution in [-0.4, -0.2) is 44.0 Å². The first-order valence-electron chi connectivity index (χ1n) is 13.8. The molecule has 0 aromatic heterocycles. The number of hydrogen-bond acceptors (Lipinski definition) is 3. The van der Waals surface area contributed by atoms with Crippen molar-refractivity contribution in [3.05, 3.63) is 130 Å². The van der Waals surface area contributed by atoms with Gasteiger partial charge in [0, 0.05) is 25.4 Å². The van der Waals surface area contributed by atoms with E-state index in [9.17, 15) is 9.18 Å². The van der Waals surface area contributed by atoms with E-state index in [0.717, 1.165) is 33.5 Å². The summed E-state index contributed by atoms with van der Waals surface area (Å²) >= 11 is 0. The maximum absolute atomic E-state index is 12.8. The highest BCUT2D eigenvalue weighted by Crippen LogP contribution is 2.27. The molecule has 0 aliphatic carbocycles. The van der Waals surface area contributed by atoms with Gasteiger partial charge in [0.2, 0.25) is 0 Å². The van der Waals surface area contributed by atoms with Crippen LogP contribution < -0.4 is 5.73 Å². The Morgan fingerprint density at radius 1 is 1.00 bits per heavy atom. The minimum atomic E-state index is -0.246. The zero-order valence-electron chi connectivity index (χ0n) is 23.7. The van der Waals surface area contributed by atoms with Gasteiger partial charge in [-0.15, -0.1) is 0 Å². The van der Waals surface area contributed by atoms with Gasteiger partial charge in [-0.1, -0.05) is 113 Å². The average molecular weight is 547 g/mol. The average Bonchev–Trinajstić information content (AvgIpc) is 2.99. The smallest absolute Gasteiger partial charge is 0.126 e. The zero-order chi connectivity index (χ0) is 28.3. The first kappa shape index (κ1) is 32.3. The molecule has 1 heterocycles. The van der Waals surface area contributed by atoms with Crippen molar-refractivity contribution in [2.45, 2.75) is 39.0 Å². The number of carbonyl (C=O) groups is 1. The molecule has 2 N–H and O–H groups in total. The van der Waals surface area contributed by atoms with Gasteiger partial charge in [0.25, 0.3) is 0 Å². The Morgan fingerprint density at radius 2 is 1.64 bits per heavy atom. The summed E-state index contributed by atoms with van der Waals surface area (Å²) in [5, 5.41) is 0. The molecular weight excluding hydrogens is 502 g/mol. The maximum atomic E-state index is 12.8. The Morgan fingerprint density at radius 3 is 2.15 bits per heavy atom. The molecule has 208 valence electrons. The molecule has 39 heavy (non-hydrogen) atoms. The SMILES string of the molecule is CCCCN(CC1=CCPC=C1)CC(c1ccccc1)c1ccccc1.CN.Cc1ccc(CC=O)cc1F. The summed E-state index contributed by atoms with van der Waals surface area (Å²) in [5.41, 5.74) is 10.1. The molecule has 0 amide bonds. The highest BCUT2D eigenvalue weighted by Gasteiger charge is 2.18. The second-order valence-electron chi connectivity index (χ2n) is 9.44. The summed E-state index contributed by atoms with van der Waals surface area (Å²) in [7, 11) is 2.46. The summed E-state index contributed by atoms with van der Waals surface area (Å²) in [6, 6.07) is 26.8. The lowest BCUT2D eigenvalue weighted by atomic mass is 9.90. The number of hydrogen-bond donors (Lipinski definition) is 1. The molecule has 0 fully saturated rings. The second kappa shape index (κ2) is 19.2. The van der Waals surface area contributed by atoms with E-state index < -0.39 is 0 Å². The van der Waals surface area contributed by atoms with Crippen LogP contribution in [0.5, 0.6) is 0 Å². The zero-order valence-corrected chi connectivity index (χ0v) is 24.7. The van der Waals surface area contributed by atoms with Crippen molar-refractivity contribution in [3.63, 3.8) is 0 Å². The third kappa shape index (κ3) is 11.8. The van der Waals surface area contributed by atoms with Gasteiger partial charge in [0.15, 0.2) is 0 Å². The fourth-order valence-corrected chi connectivity index (χ4v) is 5.22. The molecular formula is C34H44FN2OP. The highest BCUT2D eigenvalue weighted by molar-refractivity contribution is 7.41. The Bertz CT molecular complexity index is 1110. The van der Waals surface area contributed by atoms with Crippen molar-refractivity contribution in [1.29, 1.82) is 0 Å². The lowest BCUT2D eigenvalue weighted by Crippen LogP contribution is -2.32. The van der Waals surface area contributed by atoms with E-state index in [0.29, 0.717) is 11.5 Å². The van der Waals surface area contributed by atoms with Gasteiger partial charge in [0.1, 0.15) is 12.1 Å². The van der Waals surface area contributed by atoms with E-state index in [1.54, 1.807) is 19.1 Å². The van der Waals surface area contributed by atoms with Gasteiger partial charge >= 0.3 is 0 Å². The van der Waals surface area contributed by atoms with Gasteiger partial charge in [-0.2, -0.15) is 0 Å². The summed E-state index contributed by atoms with van der Waals surface area (Å²) in [6.45, 7) is 7.28. The Labute approximate surface area is 236 Å². The highest BCUT2D eigenvalue weighted by atomic mass is 31.1. The van der Waals surface area contributed by atoms with Crippen molar-refractivity contribution < 1.29 is 9.18 Å². The third-order valence-corrected chi connectivity index (χ3v) is 7.37. The van der Waals surface area contributed by atoms with E-state index in [2.05, 4.69) is 96.2 Å². The van der Waals surface area contributed by atoms with Gasteiger partial charge in [-0.05, 0) is 67.0 Å². The number of allylic oxidation sites excluding steroid dienone is 1. The van der Waals surface area contributed by atoms with Crippen LogP contribution in [0.15, 0.2) is 102 Å². The van der Waals surface area contributed by atoms with E-state index >= 15 is 0 Å². The van der Waals surface area contributed by atoms with Crippen molar-refractivity contribution in [3.8, 4) is 0 Å². The van der Waals surface area contributed by atoms with E-state index in [1.807, 2.05) is 0 Å². The van der Waals surface area contributed by atoms with Crippen LogP contribution in [0.3, 0.4) is 0 Å². The molecule has 0 saturated carbocycles. The summed E-state index contributed by atoms with van der Waals surface area (Å²) < 4.78 is 12.8. The second-order valence-corrected chi connectivity index (χ2v) is 10.6. The number of halogens is 1. The molecule has 1 aliphatic heterocycles. The molecule has 3 aromatic rings. The Hall–Kier alpha value is -2.91. The molecule has 1 atom stereocenters. The van der Waals surface area contributed by atoms with Crippen LogP contribution >= 0.6 is 8.58 Å². The standard InChI is InChI=1S/C24H30NP.C9H9FO.CH5N/c1-2-3-16-25(19-21-14-17-26-18-15-21)20-24(22-10-6-4-7-11-22)23-12-8-5-9-13-23;1-7-2-3-8(4-5-11)6-9(7)10;1-2/h4-15,17,24,26H,2-3,16,18-20H2,1H3;2-3,5-6H,4H2,1H3;2H2,1H3. The van der Waals surface area contributed by atoms with Crippen molar-refractivity contribution >= 4 is 14.9 Å². The molecule has 0 radical (unpaired) electrons. The first-order chi connectivity index (χ1) is 19.1. The van der Waals surface area contributed by atoms with Gasteiger partial charge in [-0.25, -0.2) is 4.39 Å². The van der Waals surface area contributed by atoms with Gasteiger partial charge in [-0.3, -0.25) is 4.90 Å². The third-order valence-electron chi connectivity index (χ3n) is 6.53. The molecule has 1 unspecified atom stereocenters. The van der Waals surface area contributed by atoms with E-state index in [4.69, 9.17) is 0 Å². The number of carbonyl (C=O) groups excluding carboxylic acids is 1. The summed E-state index contributed by atoms with van der Waals surface area (Å²) in [6.07, 6.45) is 9.54. The summed E-state index contributed by atoms with van der Waals surface area (Å²) in [5.74, 6) is 2.52. The lowest BCUT2D eigenvalue weighted by Gasteiger charge is -2.29. The molecule has 4 rings (SSSR count). The minimum Gasteiger partial charge on any atom is -0.333 e. The van der Waals surface area contributed by atoms with Crippen LogP contribution in [0.2, 0.25) is 0 Å². The van der Waals surface area contributed by atoms with Crippen LogP contribution in [0.4, 0.5) is 4.39 Å². The van der Waals surface area contributed by atoms with Gasteiger partial charge < -0.3 is 10.5 Å². The van der Waals surface area contributed by atoms with Crippen molar-refractivity contribution in [2.24, 2.45) is 5.73 Å². The number of aryl methyl sites for hydroxylation is 1. The predicted molar refractivity (Wildman–Crippen MR) is 167 cm³/mol. The maximum Gasteiger partial charge on any atom is 0.126 e. The summed E-state index contributed by atoms with van der Waals surface area (Å²) in [4.78, 5) is 12.7. The number of aldehydes is 1. The molecule has 5 heteroatoms. The minimum absolute atomic E-state index is 0.246. The monoisotopic (exact) mass is 546 g/mol. The van der Waals surface area contributed by atoms with Crippen LogP contribution in [0.1, 0.15) is 47.9 Å². The van der Waals surface area contributed by atoms with Crippen molar-refractivity contribution in [1.82, 2.24) is 4.90 Å². The number of unbranched alkanes of at least 4 members (excludes halogenated alkanes) is 1. The normalized spacial score (nSPS) is 12.8. The largest absolute Gasteiger partial charge is 0.333 e. The first-order valence-corrected chi connectivity index (χ1v) is 15.1. The molecule has 0 spiro atoms. The van der Waals surface area contributed by atoms with Crippen molar-refractivity contribution in [2.75, 3.05) is 32.8 Å².